The van der Waals surface area contributed by atoms with E-state index in [9.17, 15) is 0 Å². The Bertz CT molecular complexity index is 666. The van der Waals surface area contributed by atoms with Crippen molar-refractivity contribution < 1.29 is 14.6 Å². The molecule has 2 aromatic carbocycles. The molecule has 2 rings (SSSR count). The molecule has 0 radical (unpaired) electrons. The Hall–Kier alpha value is -2.44. The minimum absolute atomic E-state index is 0.147. The van der Waals surface area contributed by atoms with Crippen LogP contribution in [0.1, 0.15) is 16.7 Å². The molecule has 0 aliphatic heterocycles. The Labute approximate surface area is 125 Å². The zero-order chi connectivity index (χ0) is 15.1. The molecule has 0 bridgehead atoms. The Morgan fingerprint density at radius 1 is 1.14 bits per heavy atom. The van der Waals surface area contributed by atoms with Gasteiger partial charge in [0, 0.05) is 11.1 Å². The maximum absolute atomic E-state index is 8.71. The van der Waals surface area contributed by atoms with Crippen molar-refractivity contribution in [2.75, 3.05) is 13.7 Å². The number of ether oxygens (including phenoxy) is 2. The largest absolute Gasteiger partial charge is 0.496 e. The Morgan fingerprint density at radius 2 is 2.00 bits per heavy atom. The van der Waals surface area contributed by atoms with E-state index < -0.39 is 0 Å². The number of methoxy groups -OCH3 is 1. The molecule has 0 aliphatic rings. The van der Waals surface area contributed by atoms with Crippen LogP contribution in [0.2, 0.25) is 0 Å². The van der Waals surface area contributed by atoms with Crippen LogP contribution in [-0.4, -0.2) is 18.8 Å². The Morgan fingerprint density at radius 3 is 2.76 bits per heavy atom. The van der Waals surface area contributed by atoms with Crippen LogP contribution in [0.5, 0.6) is 11.5 Å². The third-order valence-electron chi connectivity index (χ3n) is 2.98. The molecule has 0 amide bonds. The molecule has 2 aromatic rings. The lowest BCUT2D eigenvalue weighted by molar-refractivity contribution is 0.296. The summed E-state index contributed by atoms with van der Waals surface area (Å²) in [5.74, 6) is 7.04. The van der Waals surface area contributed by atoms with Gasteiger partial charge in [-0.15, -0.1) is 0 Å². The second-order valence-corrected chi connectivity index (χ2v) is 4.59. The van der Waals surface area contributed by atoms with Crippen LogP contribution in [0, 0.1) is 18.8 Å². The summed E-state index contributed by atoms with van der Waals surface area (Å²) in [5.41, 5.74) is 2.99. The molecule has 0 atom stereocenters. The van der Waals surface area contributed by atoms with E-state index >= 15 is 0 Å². The lowest BCUT2D eigenvalue weighted by Gasteiger charge is -2.11. The average Bonchev–Trinajstić information content (AvgIpc) is 2.51. The normalized spacial score (nSPS) is 9.67. The molecule has 0 heterocycles. The third-order valence-corrected chi connectivity index (χ3v) is 2.98. The summed E-state index contributed by atoms with van der Waals surface area (Å²) < 4.78 is 11.1. The molecule has 0 saturated heterocycles. The summed E-state index contributed by atoms with van der Waals surface area (Å²) in [7, 11) is 1.65. The molecular weight excluding hydrogens is 264 g/mol. The maximum atomic E-state index is 8.71. The highest BCUT2D eigenvalue weighted by Crippen LogP contribution is 2.22. The zero-order valence-electron chi connectivity index (χ0n) is 12.2. The number of benzene rings is 2. The predicted octanol–water partition coefficient (Wildman–Crippen LogP) is 2.93. The van der Waals surface area contributed by atoms with E-state index in [1.165, 1.54) is 0 Å². The minimum atomic E-state index is -0.147. The molecule has 0 spiro atoms. The lowest BCUT2D eigenvalue weighted by atomic mass is 10.1. The SMILES string of the molecule is COc1ccc(C)cc1COc1cccc(C#CCO)c1. The number of aliphatic hydroxyl groups is 1. The van der Waals surface area contributed by atoms with Crippen molar-refractivity contribution in [3.8, 4) is 23.3 Å². The number of hydrogen-bond donors (Lipinski definition) is 1. The summed E-state index contributed by atoms with van der Waals surface area (Å²) in [4.78, 5) is 0. The van der Waals surface area contributed by atoms with Crippen molar-refractivity contribution in [1.82, 2.24) is 0 Å². The summed E-state index contributed by atoms with van der Waals surface area (Å²) >= 11 is 0. The van der Waals surface area contributed by atoms with Crippen molar-refractivity contribution in [3.63, 3.8) is 0 Å². The van der Waals surface area contributed by atoms with Crippen LogP contribution in [0.3, 0.4) is 0 Å². The van der Waals surface area contributed by atoms with Gasteiger partial charge in [0.15, 0.2) is 0 Å². The van der Waals surface area contributed by atoms with E-state index in [1.54, 1.807) is 7.11 Å². The monoisotopic (exact) mass is 282 g/mol. The van der Waals surface area contributed by atoms with Crippen LogP contribution < -0.4 is 9.47 Å². The summed E-state index contributed by atoms with van der Waals surface area (Å²) in [6.07, 6.45) is 0. The van der Waals surface area contributed by atoms with Crippen LogP contribution in [0.25, 0.3) is 0 Å². The van der Waals surface area contributed by atoms with Gasteiger partial charge in [-0.05, 0) is 37.3 Å². The van der Waals surface area contributed by atoms with E-state index in [1.807, 2.05) is 49.4 Å². The molecule has 3 heteroatoms. The van der Waals surface area contributed by atoms with E-state index in [-0.39, 0.29) is 6.61 Å². The standard InChI is InChI=1S/C18H18O3/c1-14-8-9-18(20-2)16(11-14)13-21-17-7-3-5-15(12-17)6-4-10-19/h3,5,7-9,11-12,19H,10,13H2,1-2H3. The molecule has 3 nitrogen and oxygen atoms in total. The van der Waals surface area contributed by atoms with E-state index in [0.717, 1.165) is 28.2 Å². The molecule has 0 fully saturated rings. The van der Waals surface area contributed by atoms with Crippen molar-refractivity contribution >= 4 is 0 Å². The fourth-order valence-corrected chi connectivity index (χ4v) is 1.99. The molecule has 0 saturated carbocycles. The fraction of sp³-hybridized carbons (Fsp3) is 0.222. The first-order chi connectivity index (χ1) is 10.2. The van der Waals surface area contributed by atoms with Crippen molar-refractivity contribution in [1.29, 1.82) is 0 Å². The van der Waals surface area contributed by atoms with Crippen LogP contribution in [0.15, 0.2) is 42.5 Å². The smallest absolute Gasteiger partial charge is 0.125 e. The summed E-state index contributed by atoms with van der Waals surface area (Å²) in [6, 6.07) is 13.5. The number of hydrogen-bond acceptors (Lipinski definition) is 3. The van der Waals surface area contributed by atoms with Gasteiger partial charge < -0.3 is 14.6 Å². The molecular formula is C18H18O3. The second-order valence-electron chi connectivity index (χ2n) is 4.59. The quantitative estimate of drug-likeness (QED) is 0.876. The zero-order valence-corrected chi connectivity index (χ0v) is 12.2. The Kier molecular flexibility index (Phi) is 5.25. The molecule has 21 heavy (non-hydrogen) atoms. The number of aryl methyl sites for hydroxylation is 1. The number of aliphatic hydroxyl groups excluding tert-OH is 1. The molecule has 0 aliphatic carbocycles. The highest BCUT2D eigenvalue weighted by molar-refractivity contribution is 5.40. The van der Waals surface area contributed by atoms with E-state index in [0.29, 0.717) is 6.61 Å². The highest BCUT2D eigenvalue weighted by Gasteiger charge is 2.04. The van der Waals surface area contributed by atoms with Crippen LogP contribution in [-0.2, 0) is 6.61 Å². The van der Waals surface area contributed by atoms with Gasteiger partial charge in [-0.2, -0.15) is 0 Å². The Balaban J connectivity index is 2.11. The summed E-state index contributed by atoms with van der Waals surface area (Å²) in [5, 5.41) is 8.71. The lowest BCUT2D eigenvalue weighted by Crippen LogP contribution is -1.99. The van der Waals surface area contributed by atoms with Crippen molar-refractivity contribution in [2.24, 2.45) is 0 Å². The molecule has 0 aromatic heterocycles. The molecule has 0 unspecified atom stereocenters. The maximum Gasteiger partial charge on any atom is 0.125 e. The van der Waals surface area contributed by atoms with Gasteiger partial charge in [0.25, 0.3) is 0 Å². The third kappa shape index (κ3) is 4.27. The van der Waals surface area contributed by atoms with E-state index in [4.69, 9.17) is 14.6 Å². The average molecular weight is 282 g/mol. The van der Waals surface area contributed by atoms with E-state index in [2.05, 4.69) is 11.8 Å². The van der Waals surface area contributed by atoms with Crippen LogP contribution in [0.4, 0.5) is 0 Å². The molecule has 108 valence electrons. The topological polar surface area (TPSA) is 38.7 Å². The van der Waals surface area contributed by atoms with Gasteiger partial charge >= 0.3 is 0 Å². The fourth-order valence-electron chi connectivity index (χ4n) is 1.99. The second kappa shape index (κ2) is 7.37. The van der Waals surface area contributed by atoms with Gasteiger partial charge in [-0.3, -0.25) is 0 Å². The minimum Gasteiger partial charge on any atom is -0.496 e. The van der Waals surface area contributed by atoms with Gasteiger partial charge in [0.1, 0.15) is 24.7 Å². The van der Waals surface area contributed by atoms with Crippen molar-refractivity contribution in [2.45, 2.75) is 13.5 Å². The first kappa shape index (κ1) is 15.0. The highest BCUT2D eigenvalue weighted by atomic mass is 16.5. The van der Waals surface area contributed by atoms with Gasteiger partial charge in [0.2, 0.25) is 0 Å². The molecule has 1 N–H and O–H groups in total. The predicted molar refractivity (Wildman–Crippen MR) is 82.5 cm³/mol. The number of rotatable bonds is 4. The first-order valence-electron chi connectivity index (χ1n) is 6.69. The van der Waals surface area contributed by atoms with Crippen molar-refractivity contribution in [3.05, 3.63) is 59.2 Å². The van der Waals surface area contributed by atoms with Gasteiger partial charge in [0.05, 0.1) is 7.11 Å². The van der Waals surface area contributed by atoms with Gasteiger partial charge in [-0.1, -0.05) is 29.5 Å². The first-order valence-corrected chi connectivity index (χ1v) is 6.69. The van der Waals surface area contributed by atoms with Crippen LogP contribution >= 0.6 is 0 Å². The van der Waals surface area contributed by atoms with Gasteiger partial charge in [-0.25, -0.2) is 0 Å². The summed E-state index contributed by atoms with van der Waals surface area (Å²) in [6.45, 7) is 2.32.